The monoisotopic (exact) mass is 370 g/mol. The molecule has 1 amide bonds. The van der Waals surface area contributed by atoms with Crippen molar-refractivity contribution in [2.75, 3.05) is 6.54 Å². The Morgan fingerprint density at radius 1 is 1.35 bits per heavy atom. The average molecular weight is 371 g/mol. The Morgan fingerprint density at radius 2 is 2.15 bits per heavy atom. The number of fused-ring (bicyclic) bond motifs is 2. The zero-order chi connectivity index (χ0) is 18.4. The van der Waals surface area contributed by atoms with E-state index in [0.29, 0.717) is 29.2 Å². The average Bonchev–Trinajstić information content (AvgIpc) is 3.04. The van der Waals surface area contributed by atoms with Crippen LogP contribution in [0.1, 0.15) is 44.9 Å². The van der Waals surface area contributed by atoms with Crippen LogP contribution in [0.2, 0.25) is 5.02 Å². The van der Waals surface area contributed by atoms with Gasteiger partial charge in [0, 0.05) is 18.8 Å². The summed E-state index contributed by atoms with van der Waals surface area (Å²) in [5, 5.41) is 14.1. The molecule has 0 aliphatic carbocycles. The normalized spacial score (nSPS) is 16.5. The van der Waals surface area contributed by atoms with Gasteiger partial charge in [-0.3, -0.25) is 4.79 Å². The van der Waals surface area contributed by atoms with Crippen LogP contribution in [0.5, 0.6) is 0 Å². The molecule has 7 nitrogen and oxygen atoms in total. The van der Waals surface area contributed by atoms with Gasteiger partial charge in [0.15, 0.2) is 11.3 Å². The molecule has 1 aromatic carbocycles. The Labute approximate surface area is 153 Å². The molecule has 3 aromatic rings. The highest BCUT2D eigenvalue weighted by atomic mass is 35.5. The molecule has 0 spiro atoms. The summed E-state index contributed by atoms with van der Waals surface area (Å²) in [5.41, 5.74) is 2.77. The molecule has 1 aliphatic heterocycles. The number of aromatic carboxylic acids is 1. The second-order valence-electron chi connectivity index (χ2n) is 6.21. The Bertz CT molecular complexity index is 1050. The van der Waals surface area contributed by atoms with Gasteiger partial charge in [0.25, 0.3) is 5.91 Å². The summed E-state index contributed by atoms with van der Waals surface area (Å²) < 4.78 is 1.47. The van der Waals surface area contributed by atoms with Crippen molar-refractivity contribution in [3.05, 3.63) is 64.1 Å². The smallest absolute Gasteiger partial charge is 0.335 e. The van der Waals surface area contributed by atoms with Crippen molar-refractivity contribution in [2.24, 2.45) is 0 Å². The van der Waals surface area contributed by atoms with Crippen molar-refractivity contribution in [1.29, 1.82) is 0 Å². The minimum Gasteiger partial charge on any atom is -0.478 e. The predicted molar refractivity (Wildman–Crippen MR) is 94.6 cm³/mol. The van der Waals surface area contributed by atoms with Crippen LogP contribution in [0.3, 0.4) is 0 Å². The standard InChI is InChI=1S/C18H15ClN4O3/c1-10-12-3-2-4-14(18(25)26)13(12)5-6-22(10)17(24)15-7-16-20-8-11(19)9-23(16)21-15/h2-4,7-10H,5-6H2,1H3,(H,25,26). The molecule has 1 aliphatic rings. The van der Waals surface area contributed by atoms with Gasteiger partial charge >= 0.3 is 5.97 Å². The quantitative estimate of drug-likeness (QED) is 0.749. The molecule has 132 valence electrons. The van der Waals surface area contributed by atoms with Crippen LogP contribution in [-0.4, -0.2) is 43.0 Å². The molecule has 3 heterocycles. The zero-order valence-corrected chi connectivity index (χ0v) is 14.6. The summed E-state index contributed by atoms with van der Waals surface area (Å²) in [4.78, 5) is 30.3. The molecule has 4 rings (SSSR count). The summed E-state index contributed by atoms with van der Waals surface area (Å²) in [6.07, 6.45) is 3.58. The second-order valence-corrected chi connectivity index (χ2v) is 6.64. The van der Waals surface area contributed by atoms with Crippen molar-refractivity contribution >= 4 is 29.1 Å². The van der Waals surface area contributed by atoms with Crippen LogP contribution >= 0.6 is 11.6 Å². The third-order valence-corrected chi connectivity index (χ3v) is 4.92. The first-order valence-corrected chi connectivity index (χ1v) is 8.50. The highest BCUT2D eigenvalue weighted by Gasteiger charge is 2.31. The van der Waals surface area contributed by atoms with Gasteiger partial charge in [0.05, 0.1) is 22.8 Å². The van der Waals surface area contributed by atoms with Crippen LogP contribution in [0.4, 0.5) is 0 Å². The first-order valence-electron chi connectivity index (χ1n) is 8.12. The highest BCUT2D eigenvalue weighted by Crippen LogP contribution is 2.32. The second kappa shape index (κ2) is 6.10. The van der Waals surface area contributed by atoms with Crippen molar-refractivity contribution in [3.8, 4) is 0 Å². The fraction of sp³-hybridized carbons (Fsp3) is 0.222. The van der Waals surface area contributed by atoms with E-state index in [1.807, 2.05) is 13.0 Å². The maximum Gasteiger partial charge on any atom is 0.335 e. The number of hydrogen-bond acceptors (Lipinski definition) is 4. The fourth-order valence-corrected chi connectivity index (χ4v) is 3.59. The number of benzene rings is 1. The number of aromatic nitrogens is 3. The highest BCUT2D eigenvalue weighted by molar-refractivity contribution is 6.30. The Balaban J connectivity index is 1.69. The van der Waals surface area contributed by atoms with Crippen molar-refractivity contribution in [3.63, 3.8) is 0 Å². The lowest BCUT2D eigenvalue weighted by Gasteiger charge is -2.35. The van der Waals surface area contributed by atoms with Crippen molar-refractivity contribution in [1.82, 2.24) is 19.5 Å². The fourth-order valence-electron chi connectivity index (χ4n) is 3.45. The molecule has 2 aromatic heterocycles. The Morgan fingerprint density at radius 3 is 2.92 bits per heavy atom. The Hall–Kier alpha value is -2.93. The molecule has 26 heavy (non-hydrogen) atoms. The summed E-state index contributed by atoms with van der Waals surface area (Å²) in [6, 6.07) is 6.56. The summed E-state index contributed by atoms with van der Waals surface area (Å²) >= 11 is 5.91. The van der Waals surface area contributed by atoms with E-state index in [1.54, 1.807) is 29.3 Å². The largest absolute Gasteiger partial charge is 0.478 e. The third-order valence-electron chi connectivity index (χ3n) is 4.72. The molecule has 0 fully saturated rings. The lowest BCUT2D eigenvalue weighted by molar-refractivity contribution is 0.0668. The van der Waals surface area contributed by atoms with Gasteiger partial charge < -0.3 is 10.0 Å². The Kier molecular flexibility index (Phi) is 3.88. The molecule has 0 saturated carbocycles. The molecular formula is C18H15ClN4O3. The van der Waals surface area contributed by atoms with Gasteiger partial charge in [-0.25, -0.2) is 14.3 Å². The van der Waals surface area contributed by atoms with E-state index in [1.165, 1.54) is 10.7 Å². The van der Waals surface area contributed by atoms with E-state index in [9.17, 15) is 14.7 Å². The molecule has 0 bridgehead atoms. The molecule has 0 radical (unpaired) electrons. The van der Waals surface area contributed by atoms with E-state index in [-0.39, 0.29) is 17.6 Å². The topological polar surface area (TPSA) is 87.8 Å². The van der Waals surface area contributed by atoms with Gasteiger partial charge in [-0.2, -0.15) is 5.10 Å². The van der Waals surface area contributed by atoms with Crippen LogP contribution < -0.4 is 0 Å². The number of carboxylic acid groups (broad SMARTS) is 1. The van der Waals surface area contributed by atoms with E-state index in [4.69, 9.17) is 11.6 Å². The van der Waals surface area contributed by atoms with Crippen LogP contribution in [0.25, 0.3) is 5.65 Å². The van der Waals surface area contributed by atoms with Crippen molar-refractivity contribution < 1.29 is 14.7 Å². The molecular weight excluding hydrogens is 356 g/mol. The number of amides is 1. The van der Waals surface area contributed by atoms with E-state index in [0.717, 1.165) is 11.1 Å². The maximum absolute atomic E-state index is 13.0. The van der Waals surface area contributed by atoms with Crippen LogP contribution in [0, 0.1) is 0 Å². The number of hydrogen-bond donors (Lipinski definition) is 1. The number of halogens is 1. The molecule has 1 N–H and O–H groups in total. The van der Waals surface area contributed by atoms with Crippen molar-refractivity contribution in [2.45, 2.75) is 19.4 Å². The molecule has 0 saturated heterocycles. The molecule has 1 atom stereocenters. The minimum absolute atomic E-state index is 0.217. The van der Waals surface area contributed by atoms with Gasteiger partial charge in [-0.05, 0) is 30.5 Å². The zero-order valence-electron chi connectivity index (χ0n) is 13.9. The maximum atomic E-state index is 13.0. The summed E-state index contributed by atoms with van der Waals surface area (Å²) in [5.74, 6) is -1.16. The van der Waals surface area contributed by atoms with Gasteiger partial charge in [-0.1, -0.05) is 23.7 Å². The first-order chi connectivity index (χ1) is 12.5. The number of carboxylic acids is 1. The van der Waals surface area contributed by atoms with Gasteiger partial charge in [0.1, 0.15) is 0 Å². The number of nitrogens with zero attached hydrogens (tertiary/aromatic N) is 4. The first kappa shape index (κ1) is 16.5. The number of rotatable bonds is 2. The summed E-state index contributed by atoms with van der Waals surface area (Å²) in [6.45, 7) is 2.33. The van der Waals surface area contributed by atoms with E-state index in [2.05, 4.69) is 10.1 Å². The number of carbonyl (C=O) groups excluding carboxylic acids is 1. The number of carbonyl (C=O) groups is 2. The van der Waals surface area contributed by atoms with Gasteiger partial charge in [0.2, 0.25) is 0 Å². The lowest BCUT2D eigenvalue weighted by Crippen LogP contribution is -2.39. The SMILES string of the molecule is CC1c2cccc(C(=O)O)c2CCN1C(=O)c1cc2ncc(Cl)cn2n1. The lowest BCUT2D eigenvalue weighted by atomic mass is 9.89. The van der Waals surface area contributed by atoms with E-state index >= 15 is 0 Å². The molecule has 1 unspecified atom stereocenters. The predicted octanol–water partition coefficient (Wildman–Crippen LogP) is 2.84. The summed E-state index contributed by atoms with van der Waals surface area (Å²) in [7, 11) is 0. The van der Waals surface area contributed by atoms with E-state index < -0.39 is 5.97 Å². The third kappa shape index (κ3) is 2.61. The van der Waals surface area contributed by atoms with Crippen LogP contribution in [-0.2, 0) is 6.42 Å². The molecule has 8 heteroatoms. The van der Waals surface area contributed by atoms with Crippen LogP contribution in [0.15, 0.2) is 36.7 Å². The van der Waals surface area contributed by atoms with Gasteiger partial charge in [-0.15, -0.1) is 0 Å². The minimum atomic E-state index is -0.947.